The fourth-order valence-electron chi connectivity index (χ4n) is 2.16. The van der Waals surface area contributed by atoms with E-state index < -0.39 is 11.7 Å². The summed E-state index contributed by atoms with van der Waals surface area (Å²) in [6.45, 7) is 1.08. The summed E-state index contributed by atoms with van der Waals surface area (Å²) in [7, 11) is 0. The minimum absolute atomic E-state index is 0.266. The predicted molar refractivity (Wildman–Crippen MR) is 63.4 cm³/mol. The molecule has 0 aromatic carbocycles. The molecule has 4 nitrogen and oxygen atoms in total. The molecule has 7 heteroatoms. The molecule has 2 rings (SSSR count). The van der Waals surface area contributed by atoms with Crippen LogP contribution >= 0.6 is 0 Å². The van der Waals surface area contributed by atoms with Gasteiger partial charge in [0.15, 0.2) is 0 Å². The third-order valence-corrected chi connectivity index (χ3v) is 3.22. The zero-order chi connectivity index (χ0) is 14.0. The molecule has 2 heterocycles. The number of rotatable bonds is 2. The molecule has 0 radical (unpaired) electrons. The average Bonchev–Trinajstić information content (AvgIpc) is 2.38. The number of hydrogen-bond acceptors (Lipinski definition) is 3. The van der Waals surface area contributed by atoms with E-state index in [1.165, 1.54) is 6.07 Å². The van der Waals surface area contributed by atoms with Crippen molar-refractivity contribution in [1.29, 1.82) is 0 Å². The molecule has 104 valence electrons. The van der Waals surface area contributed by atoms with Gasteiger partial charge < -0.3 is 10.6 Å². The highest BCUT2D eigenvalue weighted by atomic mass is 19.4. The summed E-state index contributed by atoms with van der Waals surface area (Å²) >= 11 is 0. The number of halogens is 3. The van der Waals surface area contributed by atoms with E-state index in [9.17, 15) is 18.0 Å². The Morgan fingerprint density at radius 3 is 2.68 bits per heavy atom. The Kier molecular flexibility index (Phi) is 3.64. The minimum Gasteiger partial charge on any atom is -0.369 e. The Morgan fingerprint density at radius 2 is 2.16 bits per heavy atom. The van der Waals surface area contributed by atoms with Crippen LogP contribution in [-0.4, -0.2) is 24.0 Å². The van der Waals surface area contributed by atoms with Crippen LogP contribution in [0.1, 0.15) is 18.4 Å². The van der Waals surface area contributed by atoms with Crippen molar-refractivity contribution in [3.8, 4) is 0 Å². The summed E-state index contributed by atoms with van der Waals surface area (Å²) in [6, 6.07) is 2.32. The number of nitrogens with two attached hydrogens (primary N) is 1. The van der Waals surface area contributed by atoms with Crippen molar-refractivity contribution < 1.29 is 18.0 Å². The number of primary amides is 1. The maximum absolute atomic E-state index is 12.4. The van der Waals surface area contributed by atoms with Crippen molar-refractivity contribution in [3.63, 3.8) is 0 Å². The lowest BCUT2D eigenvalue weighted by atomic mass is 9.97. The predicted octanol–water partition coefficient (Wildman–Crippen LogP) is 1.80. The summed E-state index contributed by atoms with van der Waals surface area (Å²) < 4.78 is 37.2. The summed E-state index contributed by atoms with van der Waals surface area (Å²) in [5.41, 5.74) is 4.48. The first-order valence-electron chi connectivity index (χ1n) is 5.95. The molecule has 1 atom stereocenters. The summed E-state index contributed by atoms with van der Waals surface area (Å²) in [5.74, 6) is -0.201. The highest BCUT2D eigenvalue weighted by molar-refractivity contribution is 5.77. The van der Waals surface area contributed by atoms with E-state index in [-0.39, 0.29) is 11.8 Å². The molecule has 1 saturated heterocycles. The standard InChI is InChI=1S/C12H14F3N3O/c13-12(14,15)9-3-4-10(17-6-9)18-5-1-2-8(7-18)11(16)19/h3-4,6,8H,1-2,5,7H2,(H2,16,19). The number of aromatic nitrogens is 1. The normalized spacial score (nSPS) is 20.4. The second-order valence-electron chi connectivity index (χ2n) is 4.59. The number of carbonyl (C=O) groups excluding carboxylic acids is 1. The molecule has 1 unspecified atom stereocenters. The quantitative estimate of drug-likeness (QED) is 0.894. The van der Waals surface area contributed by atoms with E-state index >= 15 is 0 Å². The largest absolute Gasteiger partial charge is 0.417 e. The lowest BCUT2D eigenvalue weighted by molar-refractivity contribution is -0.137. The monoisotopic (exact) mass is 273 g/mol. The van der Waals surface area contributed by atoms with Crippen LogP contribution in [-0.2, 0) is 11.0 Å². The second-order valence-corrected chi connectivity index (χ2v) is 4.59. The van der Waals surface area contributed by atoms with Gasteiger partial charge in [-0.1, -0.05) is 0 Å². The van der Waals surface area contributed by atoms with Gasteiger partial charge in [0, 0.05) is 19.3 Å². The molecule has 1 aromatic rings. The number of amides is 1. The van der Waals surface area contributed by atoms with Crippen LogP contribution in [0.4, 0.5) is 19.0 Å². The molecule has 1 fully saturated rings. The zero-order valence-electron chi connectivity index (χ0n) is 10.2. The number of nitrogens with zero attached hydrogens (tertiary/aromatic N) is 2. The van der Waals surface area contributed by atoms with E-state index in [1.807, 2.05) is 0 Å². The molecule has 0 spiro atoms. The van der Waals surface area contributed by atoms with Crippen molar-refractivity contribution in [2.45, 2.75) is 19.0 Å². The van der Waals surface area contributed by atoms with Gasteiger partial charge >= 0.3 is 6.18 Å². The number of piperidine rings is 1. The number of carbonyl (C=O) groups is 1. The van der Waals surface area contributed by atoms with Crippen LogP contribution in [0.5, 0.6) is 0 Å². The van der Waals surface area contributed by atoms with Crippen molar-refractivity contribution >= 4 is 11.7 Å². The second kappa shape index (κ2) is 5.07. The van der Waals surface area contributed by atoms with Crippen molar-refractivity contribution in [2.75, 3.05) is 18.0 Å². The van der Waals surface area contributed by atoms with Gasteiger partial charge in [-0.25, -0.2) is 4.98 Å². The molecule has 1 amide bonds. The Balaban J connectivity index is 2.12. The summed E-state index contributed by atoms with van der Waals surface area (Å²) in [4.78, 5) is 16.8. The number of alkyl halides is 3. The Labute approximate surface area is 108 Å². The minimum atomic E-state index is -4.39. The van der Waals surface area contributed by atoms with Gasteiger partial charge in [-0.05, 0) is 25.0 Å². The van der Waals surface area contributed by atoms with Gasteiger partial charge in [-0.15, -0.1) is 0 Å². The molecular formula is C12H14F3N3O. The lowest BCUT2D eigenvalue weighted by Gasteiger charge is -2.32. The smallest absolute Gasteiger partial charge is 0.369 e. The topological polar surface area (TPSA) is 59.2 Å². The molecule has 0 bridgehead atoms. The highest BCUT2D eigenvalue weighted by Crippen LogP contribution is 2.30. The molecular weight excluding hydrogens is 259 g/mol. The fourth-order valence-corrected chi connectivity index (χ4v) is 2.16. The van der Waals surface area contributed by atoms with Crippen LogP contribution in [0, 0.1) is 5.92 Å². The van der Waals surface area contributed by atoms with E-state index in [0.29, 0.717) is 25.3 Å². The van der Waals surface area contributed by atoms with Gasteiger partial charge in [-0.3, -0.25) is 4.79 Å². The third kappa shape index (κ3) is 3.15. The van der Waals surface area contributed by atoms with Gasteiger partial charge in [0.05, 0.1) is 11.5 Å². The Morgan fingerprint density at radius 1 is 1.42 bits per heavy atom. The zero-order valence-corrected chi connectivity index (χ0v) is 10.2. The van der Waals surface area contributed by atoms with E-state index in [2.05, 4.69) is 4.98 Å². The van der Waals surface area contributed by atoms with Crippen LogP contribution in [0.2, 0.25) is 0 Å². The van der Waals surface area contributed by atoms with Gasteiger partial charge in [0.25, 0.3) is 0 Å². The van der Waals surface area contributed by atoms with E-state index in [0.717, 1.165) is 18.7 Å². The number of anilines is 1. The number of hydrogen-bond donors (Lipinski definition) is 1. The first-order valence-corrected chi connectivity index (χ1v) is 5.95. The third-order valence-electron chi connectivity index (χ3n) is 3.22. The van der Waals surface area contributed by atoms with Gasteiger partial charge in [0.1, 0.15) is 5.82 Å². The fraction of sp³-hybridized carbons (Fsp3) is 0.500. The Hall–Kier alpha value is -1.79. The molecule has 2 N–H and O–H groups in total. The molecule has 1 aliphatic rings. The van der Waals surface area contributed by atoms with E-state index in [1.54, 1.807) is 4.90 Å². The Bertz CT molecular complexity index is 458. The highest BCUT2D eigenvalue weighted by Gasteiger charge is 2.31. The van der Waals surface area contributed by atoms with Crippen molar-refractivity contribution in [2.24, 2.45) is 11.7 Å². The first-order chi connectivity index (χ1) is 8.88. The van der Waals surface area contributed by atoms with Crippen molar-refractivity contribution in [3.05, 3.63) is 23.9 Å². The molecule has 1 aromatic heterocycles. The molecule has 1 aliphatic heterocycles. The summed E-state index contributed by atoms with van der Waals surface area (Å²) in [6.07, 6.45) is -2.09. The first kappa shape index (κ1) is 13.6. The SMILES string of the molecule is NC(=O)C1CCCN(c2ccc(C(F)(F)F)cn2)C1. The molecule has 19 heavy (non-hydrogen) atoms. The van der Waals surface area contributed by atoms with Crippen LogP contribution < -0.4 is 10.6 Å². The van der Waals surface area contributed by atoms with Crippen LogP contribution in [0.3, 0.4) is 0 Å². The van der Waals surface area contributed by atoms with Gasteiger partial charge in [-0.2, -0.15) is 13.2 Å². The van der Waals surface area contributed by atoms with Gasteiger partial charge in [0.2, 0.25) is 5.91 Å². The summed E-state index contributed by atoms with van der Waals surface area (Å²) in [5, 5.41) is 0. The maximum atomic E-state index is 12.4. The lowest BCUT2D eigenvalue weighted by Crippen LogP contribution is -2.41. The number of pyridine rings is 1. The molecule has 0 saturated carbocycles. The van der Waals surface area contributed by atoms with Crippen LogP contribution in [0.15, 0.2) is 18.3 Å². The maximum Gasteiger partial charge on any atom is 0.417 e. The van der Waals surface area contributed by atoms with Crippen LogP contribution in [0.25, 0.3) is 0 Å². The van der Waals surface area contributed by atoms with Crippen molar-refractivity contribution in [1.82, 2.24) is 4.98 Å². The average molecular weight is 273 g/mol. The van der Waals surface area contributed by atoms with E-state index in [4.69, 9.17) is 5.73 Å². The molecule has 0 aliphatic carbocycles.